The summed E-state index contributed by atoms with van der Waals surface area (Å²) in [5.41, 5.74) is 2.93. The Bertz CT molecular complexity index is 1340. The Hall–Kier alpha value is -2.06. The molecule has 0 aliphatic carbocycles. The quantitative estimate of drug-likeness (QED) is 0.0892. The molecule has 0 saturated carbocycles. The molecule has 10 heteroatoms. The van der Waals surface area contributed by atoms with Crippen LogP contribution >= 0.6 is 0 Å². The number of carbonyl (C=O) groups excluding carboxylic acids is 1. The van der Waals surface area contributed by atoms with Gasteiger partial charge in [0, 0.05) is 31.6 Å². The summed E-state index contributed by atoms with van der Waals surface area (Å²) in [5, 5.41) is 0. The van der Waals surface area contributed by atoms with Gasteiger partial charge in [0.05, 0.1) is 13.2 Å². The minimum absolute atomic E-state index is 0.0315. The van der Waals surface area contributed by atoms with Crippen LogP contribution in [0.4, 0.5) is 0 Å². The van der Waals surface area contributed by atoms with E-state index < -0.39 is 34.7 Å². The molecule has 8 nitrogen and oxygen atoms in total. The fraction of sp³-hybridized carbons (Fsp3) is 0.705. The van der Waals surface area contributed by atoms with Gasteiger partial charge in [-0.2, -0.15) is 0 Å². The summed E-state index contributed by atoms with van der Waals surface area (Å²) >= 11 is 0. The van der Waals surface area contributed by atoms with Gasteiger partial charge < -0.3 is 23.1 Å². The van der Waals surface area contributed by atoms with Crippen molar-refractivity contribution in [2.24, 2.45) is 5.41 Å². The van der Waals surface area contributed by atoms with Gasteiger partial charge in [-0.25, -0.2) is 0 Å². The van der Waals surface area contributed by atoms with Gasteiger partial charge in [-0.3, -0.25) is 14.6 Å². The molecule has 1 aliphatic rings. The second kappa shape index (κ2) is 23.2. The highest BCUT2D eigenvalue weighted by atomic mass is 28.4. The van der Waals surface area contributed by atoms with E-state index >= 15 is 0 Å². The highest BCUT2D eigenvalue weighted by molar-refractivity contribution is 6.70. The summed E-state index contributed by atoms with van der Waals surface area (Å²) in [5.74, 6) is 0.454. The molecule has 1 aliphatic heterocycles. The zero-order valence-corrected chi connectivity index (χ0v) is 39.6. The number of para-hydroxylation sites is 1. The zero-order valence-electron chi connectivity index (χ0n) is 37.6. The first-order valence-electron chi connectivity index (χ1n) is 20.5. The third-order valence-electron chi connectivity index (χ3n) is 8.19. The van der Waals surface area contributed by atoms with Crippen LogP contribution in [0.2, 0.25) is 39.3 Å². The van der Waals surface area contributed by atoms with Crippen LogP contribution in [0.3, 0.4) is 0 Å². The van der Waals surface area contributed by atoms with E-state index in [0.29, 0.717) is 19.7 Å². The zero-order chi connectivity index (χ0) is 41.3. The first-order valence-corrected chi connectivity index (χ1v) is 27.4. The van der Waals surface area contributed by atoms with E-state index in [-0.39, 0.29) is 24.2 Å². The van der Waals surface area contributed by atoms with Crippen molar-refractivity contribution < 1.29 is 27.9 Å². The Labute approximate surface area is 333 Å². The highest BCUT2D eigenvalue weighted by Crippen LogP contribution is 2.31. The molecular weight excluding hydrogens is 709 g/mol. The molecule has 1 fully saturated rings. The number of rotatable bonds is 17. The second-order valence-electron chi connectivity index (χ2n) is 18.0. The van der Waals surface area contributed by atoms with Crippen LogP contribution < -0.4 is 4.74 Å². The molecule has 0 spiro atoms. The molecule has 0 N–H and O–H groups in total. The number of aryl methyl sites for hydroxylation is 1. The first kappa shape index (κ1) is 50.0. The maximum atomic E-state index is 13.8. The molecular formula is C44H80N2O6Si2. The van der Waals surface area contributed by atoms with E-state index in [1.807, 2.05) is 66.7 Å². The lowest BCUT2D eigenvalue weighted by atomic mass is 9.92. The summed E-state index contributed by atoms with van der Waals surface area (Å²) in [6.45, 7) is 38.7. The average molecular weight is 789 g/mol. The second-order valence-corrected chi connectivity index (χ2v) is 26.9. The number of ether oxygens (including phenoxy) is 3. The van der Waals surface area contributed by atoms with Gasteiger partial charge in [0.1, 0.15) is 23.8 Å². The molecule has 2 aromatic carbocycles. The highest BCUT2D eigenvalue weighted by Gasteiger charge is 2.41. The third kappa shape index (κ3) is 20.2. The normalized spacial score (nSPS) is 16.5. The molecule has 0 amide bonds. The third-order valence-corrected chi connectivity index (χ3v) is 10.1. The monoisotopic (exact) mass is 789 g/mol. The van der Waals surface area contributed by atoms with Gasteiger partial charge >= 0.3 is 5.97 Å². The Balaban J connectivity index is 0.00000352. The molecule has 54 heavy (non-hydrogen) atoms. The standard InChI is InChI=1S/C40H68N2O6Si2.2C2H6/c1-31-20-14-15-21-32(31)28-41(26-25-39(2,3)4)37(47-49(8,9)10)38(48-50(11,12)13)42(30-35(43)46-40(5,6)7)29-33-22-16-17-23-34(33)45-36-24-18-19-27-44-36;2*1-2/h14-17,20-23,36-38H,18-19,24-30H2,1-13H3;2*1-2H3. The van der Waals surface area contributed by atoms with Crippen LogP contribution in [-0.2, 0) is 36.2 Å². The molecule has 1 saturated heterocycles. The molecule has 2 aromatic rings. The van der Waals surface area contributed by atoms with Crippen molar-refractivity contribution in [2.45, 2.75) is 179 Å². The SMILES string of the molecule is CC.CC.Cc1ccccc1CN(CCC(C)(C)C)C(O[Si](C)(C)C)C(O[Si](C)(C)C)N(CC(=O)OC(C)(C)C)Cc1ccccc1OC1CCCCO1. The minimum atomic E-state index is -2.23. The summed E-state index contributed by atoms with van der Waals surface area (Å²) in [4.78, 5) is 18.4. The van der Waals surface area contributed by atoms with Gasteiger partial charge in [0.2, 0.25) is 0 Å². The average Bonchev–Trinajstić information content (AvgIpc) is 3.06. The van der Waals surface area contributed by atoms with Gasteiger partial charge in [-0.05, 0) is 109 Å². The van der Waals surface area contributed by atoms with Crippen molar-refractivity contribution in [3.05, 3.63) is 65.2 Å². The summed E-state index contributed by atoms with van der Waals surface area (Å²) in [7, 11) is -4.40. The van der Waals surface area contributed by atoms with Crippen molar-refractivity contribution in [2.75, 3.05) is 19.7 Å². The minimum Gasteiger partial charge on any atom is -0.465 e. The Morgan fingerprint density at radius 3 is 1.80 bits per heavy atom. The smallest absolute Gasteiger partial charge is 0.320 e. The maximum absolute atomic E-state index is 13.8. The van der Waals surface area contributed by atoms with E-state index in [2.05, 4.69) is 107 Å². The molecule has 3 atom stereocenters. The fourth-order valence-corrected chi connectivity index (χ4v) is 7.80. The molecule has 0 radical (unpaired) electrons. The van der Waals surface area contributed by atoms with Crippen LogP contribution in [0.15, 0.2) is 48.5 Å². The van der Waals surface area contributed by atoms with Crippen molar-refractivity contribution >= 4 is 22.6 Å². The number of nitrogens with zero attached hydrogens (tertiary/aromatic N) is 2. The maximum Gasteiger partial charge on any atom is 0.320 e. The van der Waals surface area contributed by atoms with Crippen LogP contribution in [-0.4, -0.2) is 76.4 Å². The molecule has 0 aromatic heterocycles. The lowest BCUT2D eigenvalue weighted by Gasteiger charge is -2.46. The van der Waals surface area contributed by atoms with Gasteiger partial charge in [0.15, 0.2) is 22.9 Å². The first-order chi connectivity index (χ1) is 25.1. The Kier molecular flexibility index (Phi) is 21.5. The van der Waals surface area contributed by atoms with Crippen LogP contribution in [0.5, 0.6) is 5.75 Å². The van der Waals surface area contributed by atoms with E-state index in [1.54, 1.807) is 0 Å². The number of benzene rings is 2. The number of hydrogen-bond acceptors (Lipinski definition) is 8. The Morgan fingerprint density at radius 2 is 1.30 bits per heavy atom. The number of carbonyl (C=O) groups is 1. The van der Waals surface area contributed by atoms with Crippen molar-refractivity contribution in [3.63, 3.8) is 0 Å². The van der Waals surface area contributed by atoms with E-state index in [9.17, 15) is 4.79 Å². The van der Waals surface area contributed by atoms with E-state index in [1.165, 1.54) is 11.1 Å². The molecule has 1 heterocycles. The molecule has 0 bridgehead atoms. The lowest BCUT2D eigenvalue weighted by molar-refractivity contribution is -0.168. The summed E-state index contributed by atoms with van der Waals surface area (Å²) < 4.78 is 32.9. The van der Waals surface area contributed by atoms with E-state index in [0.717, 1.165) is 43.5 Å². The van der Waals surface area contributed by atoms with Crippen LogP contribution in [0.25, 0.3) is 0 Å². The van der Waals surface area contributed by atoms with Crippen LogP contribution in [0.1, 0.15) is 112 Å². The van der Waals surface area contributed by atoms with Crippen LogP contribution in [0, 0.1) is 12.3 Å². The topological polar surface area (TPSA) is 69.7 Å². The van der Waals surface area contributed by atoms with Gasteiger partial charge in [-0.15, -0.1) is 0 Å². The van der Waals surface area contributed by atoms with Crippen molar-refractivity contribution in [1.29, 1.82) is 0 Å². The van der Waals surface area contributed by atoms with Gasteiger partial charge in [0.25, 0.3) is 0 Å². The number of esters is 1. The predicted molar refractivity (Wildman–Crippen MR) is 232 cm³/mol. The molecule has 3 unspecified atom stereocenters. The summed E-state index contributed by atoms with van der Waals surface area (Å²) in [6, 6.07) is 16.7. The molecule has 3 rings (SSSR count). The summed E-state index contributed by atoms with van der Waals surface area (Å²) in [6.07, 6.45) is 2.64. The van der Waals surface area contributed by atoms with E-state index in [4.69, 9.17) is 23.1 Å². The van der Waals surface area contributed by atoms with Crippen molar-refractivity contribution in [3.8, 4) is 5.75 Å². The lowest BCUT2D eigenvalue weighted by Crippen LogP contribution is -2.60. The fourth-order valence-electron chi connectivity index (χ4n) is 5.82. The van der Waals surface area contributed by atoms with Crippen molar-refractivity contribution in [1.82, 2.24) is 9.80 Å². The predicted octanol–water partition coefficient (Wildman–Crippen LogP) is 11.4. The largest absolute Gasteiger partial charge is 0.465 e. The Morgan fingerprint density at radius 1 is 0.778 bits per heavy atom. The molecule has 310 valence electrons. The van der Waals surface area contributed by atoms with Gasteiger partial charge in [-0.1, -0.05) is 90.9 Å². The number of hydrogen-bond donors (Lipinski definition) is 0.